The molecule has 0 aromatic rings. The molecule has 0 N–H and O–H groups in total. The molecule has 0 heteroatoms. The molecule has 2 rings (SSSR count). The van der Waals surface area contributed by atoms with Crippen molar-refractivity contribution in [2.75, 3.05) is 0 Å². The molecule has 15 heavy (non-hydrogen) atoms. The van der Waals surface area contributed by atoms with Crippen molar-refractivity contribution in [2.24, 2.45) is 23.2 Å². The van der Waals surface area contributed by atoms with Gasteiger partial charge in [-0.2, -0.15) is 0 Å². The van der Waals surface area contributed by atoms with Gasteiger partial charge in [0.05, 0.1) is 0 Å². The number of fused-ring (bicyclic) bond motifs is 1. The van der Waals surface area contributed by atoms with Gasteiger partial charge in [-0.05, 0) is 48.9 Å². The summed E-state index contributed by atoms with van der Waals surface area (Å²) in [4.78, 5) is 0. The van der Waals surface area contributed by atoms with Crippen LogP contribution in [0.4, 0.5) is 0 Å². The Labute approximate surface area is 95.1 Å². The van der Waals surface area contributed by atoms with Crippen LogP contribution < -0.4 is 0 Å². The van der Waals surface area contributed by atoms with Crippen LogP contribution in [0, 0.1) is 23.2 Å². The summed E-state index contributed by atoms with van der Waals surface area (Å²) in [5.74, 6) is 2.72. The maximum Gasteiger partial charge on any atom is -0.0167 e. The Balaban J connectivity index is 2.05. The molecule has 2 saturated carbocycles. The lowest BCUT2D eigenvalue weighted by molar-refractivity contribution is 0.00255. The SMILES string of the molecule is C=C1CCC(C)CCCC2C1CC2(C)C. The van der Waals surface area contributed by atoms with Gasteiger partial charge in [-0.1, -0.05) is 45.8 Å². The Morgan fingerprint density at radius 1 is 1.20 bits per heavy atom. The van der Waals surface area contributed by atoms with E-state index in [4.69, 9.17) is 0 Å². The predicted octanol–water partition coefficient (Wildman–Crippen LogP) is 4.81. The molecule has 86 valence electrons. The van der Waals surface area contributed by atoms with Crippen LogP contribution in [0.5, 0.6) is 0 Å². The fraction of sp³-hybridized carbons (Fsp3) is 0.867. The Morgan fingerprint density at radius 3 is 2.60 bits per heavy atom. The molecule has 3 unspecified atom stereocenters. The smallest absolute Gasteiger partial charge is 0.0167 e. The fourth-order valence-electron chi connectivity index (χ4n) is 3.71. The molecule has 2 aliphatic carbocycles. The average molecular weight is 206 g/mol. The Morgan fingerprint density at radius 2 is 1.93 bits per heavy atom. The lowest BCUT2D eigenvalue weighted by Gasteiger charge is -2.53. The van der Waals surface area contributed by atoms with Gasteiger partial charge in [-0.15, -0.1) is 0 Å². The molecule has 0 heterocycles. The third-order valence-corrected chi connectivity index (χ3v) is 4.93. The van der Waals surface area contributed by atoms with Gasteiger partial charge in [0.1, 0.15) is 0 Å². The van der Waals surface area contributed by atoms with E-state index >= 15 is 0 Å². The van der Waals surface area contributed by atoms with Crippen LogP contribution in [0.2, 0.25) is 0 Å². The molecule has 0 radical (unpaired) electrons. The van der Waals surface area contributed by atoms with E-state index in [2.05, 4.69) is 27.4 Å². The summed E-state index contributed by atoms with van der Waals surface area (Å²) in [7, 11) is 0. The highest BCUT2D eigenvalue weighted by Crippen LogP contribution is 2.56. The van der Waals surface area contributed by atoms with Crippen molar-refractivity contribution < 1.29 is 0 Å². The Kier molecular flexibility index (Phi) is 2.96. The van der Waals surface area contributed by atoms with Crippen molar-refractivity contribution in [1.29, 1.82) is 0 Å². The van der Waals surface area contributed by atoms with E-state index in [0.717, 1.165) is 17.8 Å². The average Bonchev–Trinajstić information content (AvgIpc) is 2.21. The van der Waals surface area contributed by atoms with Gasteiger partial charge in [0.2, 0.25) is 0 Å². The summed E-state index contributed by atoms with van der Waals surface area (Å²) in [5, 5.41) is 0. The number of allylic oxidation sites excluding steroid dienone is 1. The van der Waals surface area contributed by atoms with E-state index in [9.17, 15) is 0 Å². The highest BCUT2D eigenvalue weighted by Gasteiger charge is 2.47. The summed E-state index contributed by atoms with van der Waals surface area (Å²) in [6.45, 7) is 11.6. The normalized spacial score (nSPS) is 40.7. The zero-order valence-corrected chi connectivity index (χ0v) is 10.7. The van der Waals surface area contributed by atoms with Crippen LogP contribution in [-0.4, -0.2) is 0 Å². The van der Waals surface area contributed by atoms with E-state index in [-0.39, 0.29) is 0 Å². The maximum atomic E-state index is 4.34. The number of hydrogen-bond acceptors (Lipinski definition) is 0. The van der Waals surface area contributed by atoms with Gasteiger partial charge in [0.15, 0.2) is 0 Å². The third kappa shape index (κ3) is 2.14. The van der Waals surface area contributed by atoms with Crippen molar-refractivity contribution in [1.82, 2.24) is 0 Å². The first kappa shape index (κ1) is 11.2. The minimum Gasteiger partial charge on any atom is -0.0996 e. The molecule has 0 amide bonds. The largest absolute Gasteiger partial charge is 0.0996 e. The first-order chi connectivity index (χ1) is 7.00. The molecular formula is C15H26. The zero-order valence-electron chi connectivity index (χ0n) is 10.7. The van der Waals surface area contributed by atoms with Crippen LogP contribution in [0.3, 0.4) is 0 Å². The van der Waals surface area contributed by atoms with Gasteiger partial charge >= 0.3 is 0 Å². The maximum absolute atomic E-state index is 4.34. The monoisotopic (exact) mass is 206 g/mol. The summed E-state index contributed by atoms with van der Waals surface area (Å²) >= 11 is 0. The van der Waals surface area contributed by atoms with Crippen LogP contribution in [-0.2, 0) is 0 Å². The Bertz CT molecular complexity index is 249. The minimum absolute atomic E-state index is 0.598. The minimum atomic E-state index is 0.598. The summed E-state index contributed by atoms with van der Waals surface area (Å²) in [6.07, 6.45) is 8.39. The van der Waals surface area contributed by atoms with Crippen LogP contribution >= 0.6 is 0 Å². The van der Waals surface area contributed by atoms with Crippen molar-refractivity contribution in [3.05, 3.63) is 12.2 Å². The molecular weight excluding hydrogens is 180 g/mol. The quantitative estimate of drug-likeness (QED) is 0.499. The zero-order chi connectivity index (χ0) is 11.1. The van der Waals surface area contributed by atoms with Crippen molar-refractivity contribution >= 4 is 0 Å². The van der Waals surface area contributed by atoms with E-state index in [1.807, 2.05) is 0 Å². The summed E-state index contributed by atoms with van der Waals surface area (Å²) < 4.78 is 0. The van der Waals surface area contributed by atoms with Crippen LogP contribution in [0.15, 0.2) is 12.2 Å². The van der Waals surface area contributed by atoms with Crippen molar-refractivity contribution in [3.8, 4) is 0 Å². The molecule has 0 spiro atoms. The fourth-order valence-corrected chi connectivity index (χ4v) is 3.71. The van der Waals surface area contributed by atoms with Gasteiger partial charge in [-0.3, -0.25) is 0 Å². The molecule has 0 aliphatic heterocycles. The highest BCUT2D eigenvalue weighted by atomic mass is 14.5. The van der Waals surface area contributed by atoms with Crippen molar-refractivity contribution in [3.63, 3.8) is 0 Å². The number of rotatable bonds is 0. The lowest BCUT2D eigenvalue weighted by Crippen LogP contribution is -2.44. The predicted molar refractivity (Wildman–Crippen MR) is 66.8 cm³/mol. The Hall–Kier alpha value is -0.260. The first-order valence-electron chi connectivity index (χ1n) is 6.68. The van der Waals surface area contributed by atoms with Crippen molar-refractivity contribution in [2.45, 2.75) is 59.3 Å². The second-order valence-electron chi connectivity index (χ2n) is 6.64. The first-order valence-corrected chi connectivity index (χ1v) is 6.68. The second kappa shape index (κ2) is 3.96. The molecule has 2 aliphatic rings. The number of hydrogen-bond donors (Lipinski definition) is 0. The standard InChI is InChI=1S/C15H26/c1-11-6-5-7-14-13(10-15(14,3)4)12(2)9-8-11/h11,13-14H,2,5-10H2,1,3-4H3. The van der Waals surface area contributed by atoms with E-state index in [1.165, 1.54) is 38.5 Å². The van der Waals surface area contributed by atoms with Gasteiger partial charge < -0.3 is 0 Å². The molecule has 3 atom stereocenters. The third-order valence-electron chi connectivity index (χ3n) is 4.93. The highest BCUT2D eigenvalue weighted by molar-refractivity contribution is 5.13. The molecule has 0 aromatic heterocycles. The summed E-state index contributed by atoms with van der Waals surface area (Å²) in [6, 6.07) is 0. The molecule has 2 fully saturated rings. The molecule has 0 nitrogen and oxygen atoms in total. The molecule has 0 saturated heterocycles. The topological polar surface area (TPSA) is 0 Å². The van der Waals surface area contributed by atoms with Crippen LogP contribution in [0.1, 0.15) is 59.3 Å². The van der Waals surface area contributed by atoms with Gasteiger partial charge in [-0.25, -0.2) is 0 Å². The van der Waals surface area contributed by atoms with Gasteiger partial charge in [0.25, 0.3) is 0 Å². The van der Waals surface area contributed by atoms with Gasteiger partial charge in [0, 0.05) is 0 Å². The molecule has 0 aromatic carbocycles. The second-order valence-corrected chi connectivity index (χ2v) is 6.64. The van der Waals surface area contributed by atoms with E-state index in [1.54, 1.807) is 5.57 Å². The van der Waals surface area contributed by atoms with E-state index < -0.39 is 0 Å². The lowest BCUT2D eigenvalue weighted by atomic mass is 9.52. The summed E-state index contributed by atoms with van der Waals surface area (Å²) in [5.41, 5.74) is 2.16. The van der Waals surface area contributed by atoms with Crippen LogP contribution in [0.25, 0.3) is 0 Å². The molecule has 0 bridgehead atoms. The van der Waals surface area contributed by atoms with E-state index in [0.29, 0.717) is 5.41 Å².